The molecular formula is C24H32F2N2O2. The van der Waals surface area contributed by atoms with Crippen LogP contribution < -0.4 is 4.74 Å². The summed E-state index contributed by atoms with van der Waals surface area (Å²) >= 11 is 0. The third kappa shape index (κ3) is 4.37. The summed E-state index contributed by atoms with van der Waals surface area (Å²) < 4.78 is 32.2. The lowest BCUT2D eigenvalue weighted by Crippen LogP contribution is -2.38. The molecule has 1 aromatic carbocycles. The first-order valence-corrected chi connectivity index (χ1v) is 11.2. The fourth-order valence-electron chi connectivity index (χ4n) is 5.01. The van der Waals surface area contributed by atoms with Crippen LogP contribution in [-0.2, 0) is 16.8 Å². The highest BCUT2D eigenvalue weighted by atomic mass is 19.3. The van der Waals surface area contributed by atoms with Crippen LogP contribution in [0.5, 0.6) is 5.75 Å². The van der Waals surface area contributed by atoms with Gasteiger partial charge in [0.25, 0.3) is 0 Å². The number of benzene rings is 1. The van der Waals surface area contributed by atoms with E-state index in [-0.39, 0.29) is 16.7 Å². The zero-order valence-electron chi connectivity index (χ0n) is 18.2. The molecule has 2 saturated carbocycles. The van der Waals surface area contributed by atoms with Gasteiger partial charge in [0.2, 0.25) is 0 Å². The number of fused-ring (bicyclic) bond motifs is 1. The van der Waals surface area contributed by atoms with Gasteiger partial charge in [-0.05, 0) is 68.9 Å². The smallest absolute Gasteiger partial charge is 0.387 e. The van der Waals surface area contributed by atoms with Gasteiger partial charge < -0.3 is 9.30 Å². The number of alkyl halides is 2. The molecule has 0 bridgehead atoms. The number of aryl methyl sites for hydroxylation is 1. The van der Waals surface area contributed by atoms with Gasteiger partial charge in [-0.25, -0.2) is 4.98 Å². The van der Waals surface area contributed by atoms with Gasteiger partial charge in [0.1, 0.15) is 17.4 Å². The molecule has 4 nitrogen and oxygen atoms in total. The predicted octanol–water partition coefficient (Wildman–Crippen LogP) is 6.25. The van der Waals surface area contributed by atoms with E-state index in [1.807, 2.05) is 0 Å². The highest BCUT2D eigenvalue weighted by Crippen LogP contribution is 2.47. The Bertz CT molecular complexity index is 927. The first-order valence-electron chi connectivity index (χ1n) is 11.2. The molecule has 6 heteroatoms. The molecule has 2 aliphatic carbocycles. The fraction of sp³-hybridized carbons (Fsp3) is 0.667. The summed E-state index contributed by atoms with van der Waals surface area (Å²) in [7, 11) is 0. The highest BCUT2D eigenvalue weighted by molar-refractivity contribution is 5.79. The lowest BCUT2D eigenvalue weighted by Gasteiger charge is -2.41. The topological polar surface area (TPSA) is 44.1 Å². The van der Waals surface area contributed by atoms with Gasteiger partial charge in [0.05, 0.1) is 11.0 Å². The van der Waals surface area contributed by atoms with Crippen LogP contribution >= 0.6 is 0 Å². The molecular weight excluding hydrogens is 386 g/mol. The van der Waals surface area contributed by atoms with Gasteiger partial charge >= 0.3 is 6.61 Å². The van der Waals surface area contributed by atoms with Crippen molar-refractivity contribution in [2.24, 2.45) is 11.3 Å². The van der Waals surface area contributed by atoms with Crippen molar-refractivity contribution in [2.45, 2.75) is 90.7 Å². The summed E-state index contributed by atoms with van der Waals surface area (Å²) in [6, 6.07) is 4.96. The number of nitrogens with zero attached hydrogens (tertiary/aromatic N) is 2. The Morgan fingerprint density at radius 3 is 2.67 bits per heavy atom. The van der Waals surface area contributed by atoms with Crippen molar-refractivity contribution in [2.75, 3.05) is 0 Å². The monoisotopic (exact) mass is 418 g/mol. The van der Waals surface area contributed by atoms with E-state index in [9.17, 15) is 13.6 Å². The zero-order valence-corrected chi connectivity index (χ0v) is 18.2. The largest absolute Gasteiger partial charge is 0.435 e. The Balaban J connectivity index is 1.50. The van der Waals surface area contributed by atoms with Gasteiger partial charge in [0, 0.05) is 30.9 Å². The molecule has 1 aromatic heterocycles. The molecule has 0 atom stereocenters. The van der Waals surface area contributed by atoms with Crippen LogP contribution in [0.25, 0.3) is 11.0 Å². The van der Waals surface area contributed by atoms with Gasteiger partial charge in [0.15, 0.2) is 0 Å². The average Bonchev–Trinajstić information content (AvgIpc) is 3.42. The van der Waals surface area contributed by atoms with Crippen molar-refractivity contribution in [1.82, 2.24) is 9.55 Å². The second-order valence-electron chi connectivity index (χ2n) is 10.1. The minimum Gasteiger partial charge on any atom is -0.435 e. The van der Waals surface area contributed by atoms with E-state index in [1.54, 1.807) is 18.2 Å². The molecule has 0 saturated heterocycles. The number of hydrogen-bond donors (Lipinski definition) is 0. The van der Waals surface area contributed by atoms with Crippen LogP contribution in [0.4, 0.5) is 8.78 Å². The normalized spacial score (nSPS) is 18.6. The molecule has 164 valence electrons. The van der Waals surface area contributed by atoms with Gasteiger partial charge in [-0.2, -0.15) is 8.78 Å². The molecule has 2 aliphatic rings. The Morgan fingerprint density at radius 2 is 2.07 bits per heavy atom. The Hall–Kier alpha value is -1.98. The van der Waals surface area contributed by atoms with Crippen LogP contribution in [0.2, 0.25) is 0 Å². The van der Waals surface area contributed by atoms with Crippen molar-refractivity contribution >= 4 is 16.8 Å². The molecule has 4 rings (SSSR count). The molecule has 0 unspecified atom stereocenters. The lowest BCUT2D eigenvalue weighted by atomic mass is 9.78. The molecule has 1 heterocycles. The third-order valence-electron chi connectivity index (χ3n) is 7.08. The molecule has 0 N–H and O–H groups in total. The van der Waals surface area contributed by atoms with E-state index >= 15 is 0 Å². The second kappa shape index (κ2) is 7.93. The van der Waals surface area contributed by atoms with Crippen molar-refractivity contribution in [3.63, 3.8) is 0 Å². The SMILES string of the molecule is CC(C)(CC(=O)CCCc1nc2ccc(OC(F)F)cc2n1C1(C)CCC1)C1CC1. The van der Waals surface area contributed by atoms with E-state index in [4.69, 9.17) is 4.98 Å². The van der Waals surface area contributed by atoms with Crippen LogP contribution in [-0.4, -0.2) is 21.9 Å². The number of hydrogen-bond acceptors (Lipinski definition) is 3. The Labute approximate surface area is 177 Å². The van der Waals surface area contributed by atoms with Gasteiger partial charge in [-0.3, -0.25) is 4.79 Å². The summed E-state index contributed by atoms with van der Waals surface area (Å²) in [6.07, 6.45) is 8.43. The standard InChI is InChI=1S/C24H32F2N2O2/c1-23(2,16-8-9-16)15-17(29)6-4-7-21-27-19-11-10-18(30-22(25)26)14-20(19)28(21)24(3)12-5-13-24/h10-11,14,16,22H,4-9,12-13,15H2,1-3H3. The van der Waals surface area contributed by atoms with E-state index in [2.05, 4.69) is 30.1 Å². The minimum absolute atomic E-state index is 0.0501. The van der Waals surface area contributed by atoms with E-state index in [0.29, 0.717) is 31.0 Å². The van der Waals surface area contributed by atoms with Crippen molar-refractivity contribution < 1.29 is 18.3 Å². The molecule has 30 heavy (non-hydrogen) atoms. The van der Waals surface area contributed by atoms with Crippen molar-refractivity contribution in [3.05, 3.63) is 24.0 Å². The van der Waals surface area contributed by atoms with Crippen molar-refractivity contribution in [1.29, 1.82) is 0 Å². The van der Waals surface area contributed by atoms with E-state index in [0.717, 1.165) is 42.5 Å². The molecule has 0 aliphatic heterocycles. The van der Waals surface area contributed by atoms with Crippen LogP contribution in [0.1, 0.15) is 78.0 Å². The van der Waals surface area contributed by atoms with Gasteiger partial charge in [-0.15, -0.1) is 0 Å². The number of ether oxygens (including phenoxy) is 1. The van der Waals surface area contributed by atoms with E-state index in [1.165, 1.54) is 12.8 Å². The van der Waals surface area contributed by atoms with Crippen molar-refractivity contribution in [3.8, 4) is 5.75 Å². The summed E-state index contributed by atoms with van der Waals surface area (Å²) in [6.45, 7) is 3.77. The number of ketones is 1. The first-order chi connectivity index (χ1) is 14.2. The number of carbonyl (C=O) groups excluding carboxylic acids is 1. The first kappa shape index (κ1) is 21.3. The second-order valence-corrected chi connectivity index (χ2v) is 10.1. The predicted molar refractivity (Wildman–Crippen MR) is 113 cm³/mol. The Kier molecular flexibility index (Phi) is 5.62. The zero-order chi connectivity index (χ0) is 21.5. The lowest BCUT2D eigenvalue weighted by molar-refractivity contribution is -0.121. The van der Waals surface area contributed by atoms with Crippen LogP contribution in [0.3, 0.4) is 0 Å². The summed E-state index contributed by atoms with van der Waals surface area (Å²) in [5.74, 6) is 2.13. The number of rotatable bonds is 10. The number of halogens is 2. The number of imidazole rings is 1. The highest BCUT2D eigenvalue weighted by Gasteiger charge is 2.39. The molecule has 2 aromatic rings. The van der Waals surface area contributed by atoms with E-state index < -0.39 is 6.61 Å². The molecule has 0 radical (unpaired) electrons. The maximum atomic E-state index is 12.7. The molecule has 2 fully saturated rings. The molecule has 0 spiro atoms. The summed E-state index contributed by atoms with van der Waals surface area (Å²) in [5.41, 5.74) is 1.70. The van der Waals surface area contributed by atoms with Crippen LogP contribution in [0, 0.1) is 11.3 Å². The molecule has 0 amide bonds. The maximum Gasteiger partial charge on any atom is 0.387 e. The number of carbonyl (C=O) groups is 1. The Morgan fingerprint density at radius 1 is 1.33 bits per heavy atom. The summed E-state index contributed by atoms with van der Waals surface area (Å²) in [5, 5.41) is 0. The minimum atomic E-state index is -2.84. The third-order valence-corrected chi connectivity index (χ3v) is 7.08. The number of Topliss-reactive ketones (excluding diaryl/α,β-unsaturated/α-hetero) is 1. The van der Waals surface area contributed by atoms with Gasteiger partial charge in [-0.1, -0.05) is 13.8 Å². The average molecular weight is 419 g/mol. The number of aromatic nitrogens is 2. The fourth-order valence-corrected chi connectivity index (χ4v) is 5.01. The summed E-state index contributed by atoms with van der Waals surface area (Å²) in [4.78, 5) is 17.3. The maximum absolute atomic E-state index is 12.7. The quantitative estimate of drug-likeness (QED) is 0.458. The van der Waals surface area contributed by atoms with Crippen LogP contribution in [0.15, 0.2) is 18.2 Å².